The highest BCUT2D eigenvalue weighted by Gasteiger charge is 2.23. The molecular weight excluding hydrogens is 294 g/mol. The van der Waals surface area contributed by atoms with Gasteiger partial charge >= 0.3 is 5.97 Å². The van der Waals surface area contributed by atoms with Gasteiger partial charge in [0.2, 0.25) is 0 Å². The van der Waals surface area contributed by atoms with E-state index in [1.54, 1.807) is 24.4 Å². The second-order valence-electron chi connectivity index (χ2n) is 6.00. The zero-order valence-corrected chi connectivity index (χ0v) is 12.8. The molecule has 0 bridgehead atoms. The zero-order chi connectivity index (χ0) is 16.0. The van der Waals surface area contributed by atoms with Crippen molar-refractivity contribution >= 4 is 22.5 Å². The summed E-state index contributed by atoms with van der Waals surface area (Å²) in [6, 6.07) is 5.15. The van der Waals surface area contributed by atoms with Crippen molar-refractivity contribution in [3.05, 3.63) is 46.1 Å². The summed E-state index contributed by atoms with van der Waals surface area (Å²) in [5, 5.41) is 0. The molecule has 6 nitrogen and oxygen atoms in total. The predicted octanol–water partition coefficient (Wildman–Crippen LogP) is 2.62. The number of imidazole rings is 1. The molecule has 1 N–H and O–H groups in total. The quantitative estimate of drug-likeness (QED) is 0.738. The van der Waals surface area contributed by atoms with Crippen LogP contribution in [0.1, 0.15) is 47.8 Å². The van der Waals surface area contributed by atoms with Crippen LogP contribution < -0.4 is 5.56 Å². The van der Waals surface area contributed by atoms with Crippen LogP contribution in [0.2, 0.25) is 0 Å². The molecule has 0 atom stereocenters. The van der Waals surface area contributed by atoms with Crippen molar-refractivity contribution in [3.8, 4) is 0 Å². The Balaban J connectivity index is 2.05. The SMILES string of the molecule is COC(=O)c1ccc2[nH]c(=O)c3cnc(C4CCCC4)n3c2c1. The second-order valence-corrected chi connectivity index (χ2v) is 6.00. The number of benzene rings is 1. The molecule has 3 aromatic rings. The van der Waals surface area contributed by atoms with Crippen LogP contribution in [0, 0.1) is 0 Å². The normalized spacial score (nSPS) is 15.5. The molecule has 0 saturated heterocycles. The first-order valence-corrected chi connectivity index (χ1v) is 7.81. The molecule has 2 heterocycles. The molecule has 0 unspecified atom stereocenters. The highest BCUT2D eigenvalue weighted by atomic mass is 16.5. The van der Waals surface area contributed by atoms with Gasteiger partial charge in [-0.2, -0.15) is 0 Å². The van der Waals surface area contributed by atoms with Crippen LogP contribution in [0.3, 0.4) is 0 Å². The molecule has 0 spiro atoms. The zero-order valence-electron chi connectivity index (χ0n) is 12.8. The van der Waals surface area contributed by atoms with Crippen molar-refractivity contribution in [3.63, 3.8) is 0 Å². The van der Waals surface area contributed by atoms with Crippen molar-refractivity contribution < 1.29 is 9.53 Å². The fourth-order valence-corrected chi connectivity index (χ4v) is 3.51. The smallest absolute Gasteiger partial charge is 0.337 e. The summed E-state index contributed by atoms with van der Waals surface area (Å²) in [5.74, 6) is 0.883. The van der Waals surface area contributed by atoms with Gasteiger partial charge in [-0.25, -0.2) is 9.78 Å². The lowest BCUT2D eigenvalue weighted by Crippen LogP contribution is -2.13. The standard InChI is InChI=1S/C17H17N3O3/c1-23-17(22)11-6-7-12-13(8-11)20-14(16(21)19-12)9-18-15(20)10-4-2-3-5-10/h6-10H,2-5H2,1H3,(H,19,21). The molecule has 1 fully saturated rings. The summed E-state index contributed by atoms with van der Waals surface area (Å²) in [6.07, 6.45) is 6.17. The van der Waals surface area contributed by atoms with Crippen LogP contribution in [0.4, 0.5) is 0 Å². The molecule has 1 aromatic carbocycles. The number of H-pyrrole nitrogens is 1. The fourth-order valence-electron chi connectivity index (χ4n) is 3.51. The van der Waals surface area contributed by atoms with E-state index in [1.807, 2.05) is 4.40 Å². The predicted molar refractivity (Wildman–Crippen MR) is 85.9 cm³/mol. The first-order valence-electron chi connectivity index (χ1n) is 7.81. The Labute approximate surface area is 132 Å². The number of aromatic amines is 1. The van der Waals surface area contributed by atoms with E-state index in [2.05, 4.69) is 9.97 Å². The number of carbonyl (C=O) groups excluding carboxylic acids is 1. The van der Waals surface area contributed by atoms with Crippen molar-refractivity contribution in [2.75, 3.05) is 7.11 Å². The number of fused-ring (bicyclic) bond motifs is 3. The Morgan fingerprint density at radius 1 is 1.30 bits per heavy atom. The molecule has 0 radical (unpaired) electrons. The number of nitrogens with one attached hydrogen (secondary N) is 1. The van der Waals surface area contributed by atoms with Gasteiger partial charge < -0.3 is 9.72 Å². The monoisotopic (exact) mass is 311 g/mol. The second kappa shape index (κ2) is 5.22. The minimum Gasteiger partial charge on any atom is -0.465 e. The van der Waals surface area contributed by atoms with E-state index in [4.69, 9.17) is 4.74 Å². The Hall–Kier alpha value is -2.63. The van der Waals surface area contributed by atoms with Gasteiger partial charge in [-0.15, -0.1) is 0 Å². The Kier molecular flexibility index (Phi) is 3.18. The highest BCUT2D eigenvalue weighted by Crippen LogP contribution is 2.34. The molecule has 1 aliphatic rings. The summed E-state index contributed by atoms with van der Waals surface area (Å²) in [7, 11) is 1.36. The average Bonchev–Trinajstić information content (AvgIpc) is 3.23. The van der Waals surface area contributed by atoms with Gasteiger partial charge in [0.15, 0.2) is 0 Å². The third kappa shape index (κ3) is 2.13. The largest absolute Gasteiger partial charge is 0.465 e. The first-order chi connectivity index (χ1) is 11.2. The number of rotatable bonds is 2. The molecule has 1 aliphatic carbocycles. The van der Waals surface area contributed by atoms with E-state index >= 15 is 0 Å². The summed E-state index contributed by atoms with van der Waals surface area (Å²) < 4.78 is 6.70. The van der Waals surface area contributed by atoms with Crippen LogP contribution in [0.5, 0.6) is 0 Å². The number of carbonyl (C=O) groups is 1. The molecule has 118 valence electrons. The highest BCUT2D eigenvalue weighted by molar-refractivity contribution is 5.94. The summed E-state index contributed by atoms with van der Waals surface area (Å²) in [4.78, 5) is 31.5. The van der Waals surface area contributed by atoms with E-state index in [0.29, 0.717) is 22.5 Å². The van der Waals surface area contributed by atoms with Gasteiger partial charge in [0.05, 0.1) is 29.9 Å². The van der Waals surface area contributed by atoms with E-state index < -0.39 is 5.97 Å². The topological polar surface area (TPSA) is 76.5 Å². The molecule has 2 aromatic heterocycles. The number of aromatic nitrogens is 3. The number of hydrogen-bond acceptors (Lipinski definition) is 4. The lowest BCUT2D eigenvalue weighted by Gasteiger charge is -2.11. The maximum atomic E-state index is 12.3. The summed E-state index contributed by atoms with van der Waals surface area (Å²) in [6.45, 7) is 0. The maximum absolute atomic E-state index is 12.3. The van der Waals surface area contributed by atoms with Crippen molar-refractivity contribution in [1.82, 2.24) is 14.4 Å². The van der Waals surface area contributed by atoms with Gasteiger partial charge in [0.1, 0.15) is 11.3 Å². The minimum absolute atomic E-state index is 0.167. The van der Waals surface area contributed by atoms with E-state index in [9.17, 15) is 9.59 Å². The molecular formula is C17H17N3O3. The minimum atomic E-state index is -0.395. The summed E-state index contributed by atoms with van der Waals surface area (Å²) >= 11 is 0. The molecule has 0 amide bonds. The molecule has 23 heavy (non-hydrogen) atoms. The van der Waals surface area contributed by atoms with Gasteiger partial charge in [-0.3, -0.25) is 9.20 Å². The van der Waals surface area contributed by atoms with E-state index in [0.717, 1.165) is 24.2 Å². The lowest BCUT2D eigenvalue weighted by molar-refractivity contribution is 0.0601. The van der Waals surface area contributed by atoms with E-state index in [1.165, 1.54) is 20.0 Å². The Morgan fingerprint density at radius 3 is 2.83 bits per heavy atom. The Morgan fingerprint density at radius 2 is 2.09 bits per heavy atom. The van der Waals surface area contributed by atoms with Crippen molar-refractivity contribution in [1.29, 1.82) is 0 Å². The van der Waals surface area contributed by atoms with Gasteiger partial charge in [-0.1, -0.05) is 12.8 Å². The number of nitrogens with zero attached hydrogens (tertiary/aromatic N) is 2. The van der Waals surface area contributed by atoms with Gasteiger partial charge in [0.25, 0.3) is 5.56 Å². The van der Waals surface area contributed by atoms with Crippen molar-refractivity contribution in [2.45, 2.75) is 31.6 Å². The third-order valence-electron chi connectivity index (χ3n) is 4.65. The molecule has 4 rings (SSSR count). The molecule has 1 saturated carbocycles. The van der Waals surface area contributed by atoms with Crippen molar-refractivity contribution in [2.24, 2.45) is 0 Å². The average molecular weight is 311 g/mol. The van der Waals surface area contributed by atoms with Gasteiger partial charge in [0, 0.05) is 5.92 Å². The van der Waals surface area contributed by atoms with Crippen LogP contribution in [0.25, 0.3) is 16.6 Å². The molecule has 0 aliphatic heterocycles. The lowest BCUT2D eigenvalue weighted by atomic mass is 10.1. The number of esters is 1. The first kappa shape index (κ1) is 14.0. The van der Waals surface area contributed by atoms with Crippen LogP contribution in [-0.2, 0) is 4.74 Å². The van der Waals surface area contributed by atoms with Crippen LogP contribution >= 0.6 is 0 Å². The van der Waals surface area contributed by atoms with Crippen LogP contribution in [0.15, 0.2) is 29.2 Å². The third-order valence-corrected chi connectivity index (χ3v) is 4.65. The molecule has 6 heteroatoms. The van der Waals surface area contributed by atoms with Crippen LogP contribution in [-0.4, -0.2) is 27.4 Å². The van der Waals surface area contributed by atoms with E-state index in [-0.39, 0.29) is 5.56 Å². The van der Waals surface area contributed by atoms with Gasteiger partial charge in [-0.05, 0) is 31.0 Å². The number of methoxy groups -OCH3 is 1. The number of hydrogen-bond donors (Lipinski definition) is 1. The fraction of sp³-hybridized carbons (Fsp3) is 0.353. The Bertz CT molecular complexity index is 964. The maximum Gasteiger partial charge on any atom is 0.337 e. The number of ether oxygens (including phenoxy) is 1. The summed E-state index contributed by atoms with van der Waals surface area (Å²) in [5.41, 5.74) is 2.27.